The van der Waals surface area contributed by atoms with E-state index in [0.29, 0.717) is 12.1 Å². The number of carbonyl (C=O) groups is 2. The summed E-state index contributed by atoms with van der Waals surface area (Å²) in [5.41, 5.74) is 2.30. The zero-order chi connectivity index (χ0) is 21.8. The zero-order valence-electron chi connectivity index (χ0n) is 17.8. The first kappa shape index (κ1) is 21.3. The summed E-state index contributed by atoms with van der Waals surface area (Å²) < 4.78 is 5.40. The van der Waals surface area contributed by atoms with E-state index in [-0.39, 0.29) is 11.3 Å². The van der Waals surface area contributed by atoms with E-state index in [9.17, 15) is 14.7 Å². The first-order valence-corrected chi connectivity index (χ1v) is 10.9. The lowest BCUT2D eigenvalue weighted by Gasteiger charge is -2.29. The van der Waals surface area contributed by atoms with Crippen molar-refractivity contribution in [1.29, 1.82) is 0 Å². The molecule has 0 aliphatic carbocycles. The number of aryl methyl sites for hydroxylation is 1. The molecule has 1 N–H and O–H groups in total. The van der Waals surface area contributed by atoms with Crippen LogP contribution in [0.15, 0.2) is 60.2 Å². The van der Waals surface area contributed by atoms with E-state index in [2.05, 4.69) is 0 Å². The van der Waals surface area contributed by atoms with Gasteiger partial charge < -0.3 is 19.6 Å². The number of amides is 1. The number of rotatable bonds is 6. The number of benzene rings is 2. The van der Waals surface area contributed by atoms with E-state index in [4.69, 9.17) is 4.74 Å². The van der Waals surface area contributed by atoms with Crippen LogP contribution in [0, 0.1) is 6.92 Å². The average Bonchev–Trinajstić information content (AvgIpc) is 3.05. The maximum Gasteiger partial charge on any atom is 0.295 e. The Morgan fingerprint density at radius 2 is 1.74 bits per heavy atom. The average molecular weight is 421 g/mol. The minimum absolute atomic E-state index is 0.0544. The van der Waals surface area contributed by atoms with Crippen molar-refractivity contribution >= 4 is 17.4 Å². The number of morpholine rings is 1. The van der Waals surface area contributed by atoms with Crippen LogP contribution >= 0.6 is 0 Å². The normalized spacial score (nSPS) is 21.6. The summed E-state index contributed by atoms with van der Waals surface area (Å²) in [7, 11) is 0. The van der Waals surface area contributed by atoms with Gasteiger partial charge in [-0.25, -0.2) is 0 Å². The molecule has 6 nitrogen and oxygen atoms in total. The Kier molecular flexibility index (Phi) is 6.49. The fraction of sp³-hybridized carbons (Fsp3) is 0.360. The lowest BCUT2D eigenvalue weighted by atomic mass is 9.95. The molecule has 31 heavy (non-hydrogen) atoms. The van der Waals surface area contributed by atoms with Gasteiger partial charge in [-0.2, -0.15) is 0 Å². The van der Waals surface area contributed by atoms with Crippen molar-refractivity contribution in [2.75, 3.05) is 39.4 Å². The Bertz CT molecular complexity index is 963. The van der Waals surface area contributed by atoms with E-state index in [1.165, 1.54) is 4.90 Å². The molecular formula is C25H28N2O4. The number of hydrogen-bond acceptors (Lipinski definition) is 4. The van der Waals surface area contributed by atoms with Crippen molar-refractivity contribution in [1.82, 2.24) is 4.90 Å². The topological polar surface area (TPSA) is 74.1 Å². The highest BCUT2D eigenvalue weighted by Crippen LogP contribution is 2.38. The molecule has 4 rings (SSSR count). The zero-order valence-corrected chi connectivity index (χ0v) is 17.8. The van der Waals surface area contributed by atoms with Gasteiger partial charge in [0.2, 0.25) is 5.78 Å². The van der Waals surface area contributed by atoms with Crippen LogP contribution in [0.2, 0.25) is 0 Å². The van der Waals surface area contributed by atoms with Gasteiger partial charge in [0.25, 0.3) is 5.91 Å². The van der Waals surface area contributed by atoms with Gasteiger partial charge in [-0.05, 0) is 18.1 Å². The molecule has 1 unspecified atom stereocenters. The van der Waals surface area contributed by atoms with Crippen LogP contribution in [0.3, 0.4) is 0 Å². The predicted molar refractivity (Wildman–Crippen MR) is 115 cm³/mol. The number of Topliss-reactive ketones (excluding diaryl/α,β-unsaturated/α-hetero) is 1. The van der Waals surface area contributed by atoms with Crippen molar-refractivity contribution in [3.05, 3.63) is 76.9 Å². The summed E-state index contributed by atoms with van der Waals surface area (Å²) in [6.07, 6.45) is 0.768. The highest BCUT2D eigenvalue weighted by Gasteiger charge is 2.43. The van der Waals surface area contributed by atoms with Gasteiger partial charge in [0.05, 0.1) is 25.8 Å². The molecule has 2 aliphatic heterocycles. The maximum absolute atomic E-state index is 13.3. The van der Waals surface area contributed by atoms with Crippen LogP contribution in [0.1, 0.15) is 29.2 Å². The number of carbonyl (C=O) groups excluding carboxylic acids is 2. The Balaban J connectivity index is 1.64. The molecule has 2 heterocycles. The van der Waals surface area contributed by atoms with E-state index in [0.717, 1.165) is 50.4 Å². The molecular weight excluding hydrogens is 392 g/mol. The third-order valence-electron chi connectivity index (χ3n) is 6.09. The van der Waals surface area contributed by atoms with Crippen molar-refractivity contribution < 1.29 is 24.3 Å². The molecule has 2 saturated heterocycles. The number of hydrogen-bond donors (Lipinski definition) is 1. The number of nitrogens with zero attached hydrogens (tertiary/aromatic N) is 1. The molecule has 0 saturated carbocycles. The molecule has 0 aromatic heterocycles. The summed E-state index contributed by atoms with van der Waals surface area (Å²) in [6, 6.07) is 15.8. The largest absolute Gasteiger partial charge is 0.872 e. The van der Waals surface area contributed by atoms with Crippen molar-refractivity contribution in [2.45, 2.75) is 19.4 Å². The smallest absolute Gasteiger partial charge is 0.295 e. The number of quaternary nitrogens is 1. The first-order valence-electron chi connectivity index (χ1n) is 10.9. The van der Waals surface area contributed by atoms with Crippen LogP contribution in [0.25, 0.3) is 5.76 Å². The van der Waals surface area contributed by atoms with Gasteiger partial charge >= 0.3 is 0 Å². The fourth-order valence-corrected chi connectivity index (χ4v) is 4.35. The molecule has 0 spiro atoms. The summed E-state index contributed by atoms with van der Waals surface area (Å²) in [6.45, 7) is 6.72. The number of ketones is 1. The third kappa shape index (κ3) is 4.55. The molecule has 2 aromatic rings. The summed E-state index contributed by atoms with van der Waals surface area (Å²) in [5, 5.41) is 13.3. The van der Waals surface area contributed by atoms with Crippen LogP contribution in [-0.4, -0.2) is 56.0 Å². The lowest BCUT2D eigenvalue weighted by molar-refractivity contribution is -0.908. The SMILES string of the molecule is Cc1ccc(C([O-])=C2C(=O)C(=O)N(CCC[NH+]3CCOCC3)C2c2ccccc2)cc1. The van der Waals surface area contributed by atoms with Gasteiger partial charge in [0.15, 0.2) is 0 Å². The molecule has 1 atom stereocenters. The van der Waals surface area contributed by atoms with E-state index < -0.39 is 17.7 Å². The van der Waals surface area contributed by atoms with Gasteiger partial charge in [0, 0.05) is 18.5 Å². The Morgan fingerprint density at radius 1 is 1.06 bits per heavy atom. The Morgan fingerprint density at radius 3 is 2.42 bits per heavy atom. The third-order valence-corrected chi connectivity index (χ3v) is 6.09. The fourth-order valence-electron chi connectivity index (χ4n) is 4.35. The van der Waals surface area contributed by atoms with Gasteiger partial charge in [-0.3, -0.25) is 9.59 Å². The second kappa shape index (κ2) is 9.45. The maximum atomic E-state index is 13.3. The van der Waals surface area contributed by atoms with Crippen LogP contribution in [0.5, 0.6) is 0 Å². The van der Waals surface area contributed by atoms with E-state index in [1.807, 2.05) is 49.4 Å². The van der Waals surface area contributed by atoms with Crippen molar-refractivity contribution in [3.63, 3.8) is 0 Å². The second-order valence-corrected chi connectivity index (χ2v) is 8.22. The Labute approximate surface area is 182 Å². The van der Waals surface area contributed by atoms with Gasteiger partial charge in [0.1, 0.15) is 13.1 Å². The lowest BCUT2D eigenvalue weighted by Crippen LogP contribution is -3.14. The van der Waals surface area contributed by atoms with Crippen LogP contribution in [0.4, 0.5) is 0 Å². The van der Waals surface area contributed by atoms with E-state index in [1.54, 1.807) is 17.0 Å². The van der Waals surface area contributed by atoms with E-state index >= 15 is 0 Å². The second-order valence-electron chi connectivity index (χ2n) is 8.22. The van der Waals surface area contributed by atoms with Crippen LogP contribution in [-0.2, 0) is 14.3 Å². The predicted octanol–water partition coefficient (Wildman–Crippen LogP) is 0.524. The molecule has 0 bridgehead atoms. The molecule has 1 amide bonds. The molecule has 2 aliphatic rings. The van der Waals surface area contributed by atoms with Crippen molar-refractivity contribution in [3.8, 4) is 0 Å². The number of nitrogens with one attached hydrogen (secondary N) is 1. The monoisotopic (exact) mass is 420 g/mol. The standard InChI is InChI=1S/C25H28N2O4/c1-18-8-10-20(11-9-18)23(28)21-22(19-6-3-2-4-7-19)27(25(30)24(21)29)13-5-12-26-14-16-31-17-15-26/h2-4,6-11,22,28H,5,12-17H2,1H3. The van der Waals surface area contributed by atoms with Gasteiger partial charge in [-0.1, -0.05) is 65.9 Å². The minimum Gasteiger partial charge on any atom is -0.872 e. The molecule has 6 heteroatoms. The van der Waals surface area contributed by atoms with Crippen molar-refractivity contribution in [2.24, 2.45) is 0 Å². The molecule has 162 valence electrons. The summed E-state index contributed by atoms with van der Waals surface area (Å²) in [4.78, 5) is 29.0. The molecule has 2 fully saturated rings. The minimum atomic E-state index is -0.682. The van der Waals surface area contributed by atoms with Gasteiger partial charge in [-0.15, -0.1) is 0 Å². The number of likely N-dealkylation sites (tertiary alicyclic amines) is 1. The quantitative estimate of drug-likeness (QED) is 0.420. The van der Waals surface area contributed by atoms with Crippen LogP contribution < -0.4 is 10.0 Å². The summed E-state index contributed by atoms with van der Waals surface area (Å²) >= 11 is 0. The molecule has 0 radical (unpaired) electrons. The summed E-state index contributed by atoms with van der Waals surface area (Å²) in [5.74, 6) is -1.63. The number of ether oxygens (including phenoxy) is 1. The first-order chi connectivity index (χ1) is 15.1. The highest BCUT2D eigenvalue weighted by atomic mass is 16.5. The molecule has 2 aromatic carbocycles. The Hall–Kier alpha value is -2.96. The highest BCUT2D eigenvalue weighted by molar-refractivity contribution is 6.46.